The maximum absolute atomic E-state index is 12.8. The molecule has 3 nitrogen and oxygen atoms in total. The Balaban J connectivity index is 1.93. The van der Waals surface area contributed by atoms with Gasteiger partial charge in [-0.15, -0.1) is 0 Å². The molecule has 2 aromatic rings. The highest BCUT2D eigenvalue weighted by Crippen LogP contribution is 2.49. The van der Waals surface area contributed by atoms with Crippen molar-refractivity contribution in [3.63, 3.8) is 0 Å². The first-order valence-corrected chi connectivity index (χ1v) is 9.57. The van der Waals surface area contributed by atoms with Crippen molar-refractivity contribution in [1.29, 1.82) is 0 Å². The lowest BCUT2D eigenvalue weighted by Gasteiger charge is -2.36. The number of rotatable bonds is 4. The summed E-state index contributed by atoms with van der Waals surface area (Å²) in [5, 5.41) is 3.01. The summed E-state index contributed by atoms with van der Waals surface area (Å²) < 4.78 is 0. The summed E-state index contributed by atoms with van der Waals surface area (Å²) in [6, 6.07) is 15.1. The Bertz CT molecular complexity index is 776. The van der Waals surface area contributed by atoms with Crippen molar-refractivity contribution in [2.24, 2.45) is 0 Å². The highest BCUT2D eigenvalue weighted by molar-refractivity contribution is 8.18. The molecule has 1 heterocycles. The minimum Gasteiger partial charge on any atom is -0.330 e. The molecule has 1 aliphatic rings. The number of aryl methyl sites for hydroxylation is 1. The van der Waals surface area contributed by atoms with Crippen LogP contribution in [0.4, 0.5) is 0 Å². The van der Waals surface area contributed by atoms with Crippen LogP contribution in [0.15, 0.2) is 58.3 Å². The molecule has 0 spiro atoms. The molecule has 0 saturated carbocycles. The molecule has 0 bridgehead atoms. The molecule has 0 saturated heterocycles. The molecule has 3 rings (SSSR count). The number of benzene rings is 2. The first kappa shape index (κ1) is 17.1. The van der Waals surface area contributed by atoms with E-state index in [1.807, 2.05) is 44.2 Å². The van der Waals surface area contributed by atoms with Crippen LogP contribution in [0.2, 0.25) is 0 Å². The Morgan fingerprint density at radius 3 is 2.58 bits per heavy atom. The number of amides is 1. The van der Waals surface area contributed by atoms with Crippen LogP contribution in [0.3, 0.4) is 0 Å². The van der Waals surface area contributed by atoms with Gasteiger partial charge in [0.2, 0.25) is 5.12 Å². The van der Waals surface area contributed by atoms with Crippen molar-refractivity contribution in [3.8, 4) is 0 Å². The summed E-state index contributed by atoms with van der Waals surface area (Å²) in [7, 11) is 0. The summed E-state index contributed by atoms with van der Waals surface area (Å²) in [4.78, 5) is 26.6. The van der Waals surface area contributed by atoms with Crippen molar-refractivity contribution in [3.05, 3.63) is 59.7 Å². The van der Waals surface area contributed by atoms with E-state index in [1.54, 1.807) is 12.1 Å². The Hall–Kier alpha value is -1.72. The molecule has 0 fully saturated rings. The van der Waals surface area contributed by atoms with Crippen LogP contribution in [-0.4, -0.2) is 15.9 Å². The Kier molecular flexibility index (Phi) is 5.01. The zero-order chi connectivity index (χ0) is 17.2. The van der Waals surface area contributed by atoms with Gasteiger partial charge in [-0.1, -0.05) is 49.4 Å². The van der Waals surface area contributed by atoms with E-state index in [9.17, 15) is 9.59 Å². The Labute approximate surface area is 150 Å². The van der Waals surface area contributed by atoms with E-state index in [0.29, 0.717) is 12.0 Å². The number of carbonyl (C=O) groups excluding carboxylic acids is 2. The van der Waals surface area contributed by atoms with Crippen molar-refractivity contribution in [1.82, 2.24) is 5.32 Å². The second-order valence-corrected chi connectivity index (χ2v) is 8.19. The molecule has 5 heteroatoms. The van der Waals surface area contributed by atoms with Crippen LogP contribution < -0.4 is 5.32 Å². The summed E-state index contributed by atoms with van der Waals surface area (Å²) in [5.41, 5.74) is 1.72. The zero-order valence-electron chi connectivity index (χ0n) is 13.7. The first-order valence-electron chi connectivity index (χ1n) is 7.93. The molecule has 24 heavy (non-hydrogen) atoms. The minimum absolute atomic E-state index is 0.00464. The van der Waals surface area contributed by atoms with E-state index in [2.05, 4.69) is 11.4 Å². The fourth-order valence-corrected chi connectivity index (χ4v) is 5.32. The van der Waals surface area contributed by atoms with Crippen molar-refractivity contribution in [2.45, 2.75) is 41.4 Å². The fraction of sp³-hybridized carbons (Fsp3) is 0.263. The second-order valence-electron chi connectivity index (χ2n) is 5.84. The normalized spacial score (nSPS) is 19.7. The lowest BCUT2D eigenvalue weighted by molar-refractivity contribution is -0.113. The average molecular weight is 358 g/mol. The maximum Gasteiger partial charge on any atom is 0.252 e. The number of hydrogen-bond acceptors (Lipinski definition) is 4. The highest BCUT2D eigenvalue weighted by atomic mass is 32.2. The van der Waals surface area contributed by atoms with Crippen LogP contribution in [0.1, 0.15) is 35.7 Å². The predicted octanol–water partition coefficient (Wildman–Crippen LogP) is 4.65. The third-order valence-corrected chi connectivity index (χ3v) is 6.64. The summed E-state index contributed by atoms with van der Waals surface area (Å²) in [5.74, 6) is -0.207. The molecule has 0 radical (unpaired) electrons. The van der Waals surface area contributed by atoms with Gasteiger partial charge in [-0.25, -0.2) is 0 Å². The van der Waals surface area contributed by atoms with Gasteiger partial charge in [0.25, 0.3) is 5.91 Å². The molecule has 2 aromatic carbocycles. The molecular weight excluding hydrogens is 338 g/mol. The van der Waals surface area contributed by atoms with Crippen LogP contribution in [-0.2, 0) is 4.79 Å². The van der Waals surface area contributed by atoms with E-state index < -0.39 is 4.87 Å². The number of carbonyl (C=O) groups is 2. The molecule has 124 valence electrons. The summed E-state index contributed by atoms with van der Waals surface area (Å²) in [6.07, 6.45) is 1.42. The number of hydrogen-bond donors (Lipinski definition) is 1. The van der Waals surface area contributed by atoms with Crippen molar-refractivity contribution >= 4 is 34.5 Å². The Morgan fingerprint density at radius 2 is 1.88 bits per heavy atom. The molecule has 0 aromatic heterocycles. The van der Waals surface area contributed by atoms with Crippen LogP contribution >= 0.6 is 23.5 Å². The van der Waals surface area contributed by atoms with Gasteiger partial charge >= 0.3 is 0 Å². The molecule has 0 aliphatic carbocycles. The standard InChI is InChI=1S/C19H19NO2S2/c1-3-11-19(20-17(21)14-7-5-4-6-8-14)18(22)23-15-10-9-13(2)12-16(15)24-19/h4-10,12H,3,11H2,1-2H3,(H,20,21). The molecule has 1 aliphatic heterocycles. The summed E-state index contributed by atoms with van der Waals surface area (Å²) in [6.45, 7) is 4.06. The summed E-state index contributed by atoms with van der Waals surface area (Å²) >= 11 is 2.70. The third kappa shape index (κ3) is 3.37. The van der Waals surface area contributed by atoms with Crippen molar-refractivity contribution < 1.29 is 9.59 Å². The topological polar surface area (TPSA) is 46.2 Å². The van der Waals surface area contributed by atoms with Crippen LogP contribution in [0.5, 0.6) is 0 Å². The van der Waals surface area contributed by atoms with Gasteiger partial charge in [0.15, 0.2) is 4.87 Å². The van der Waals surface area contributed by atoms with Gasteiger partial charge in [-0.05, 0) is 54.9 Å². The van der Waals surface area contributed by atoms with Gasteiger partial charge in [0.05, 0.1) is 0 Å². The van der Waals surface area contributed by atoms with Crippen LogP contribution in [0.25, 0.3) is 0 Å². The zero-order valence-corrected chi connectivity index (χ0v) is 15.3. The smallest absolute Gasteiger partial charge is 0.252 e. The number of nitrogens with one attached hydrogen (secondary N) is 1. The van der Waals surface area contributed by atoms with Gasteiger partial charge in [-0.3, -0.25) is 9.59 Å². The maximum atomic E-state index is 12.8. The monoisotopic (exact) mass is 357 g/mol. The van der Waals surface area contributed by atoms with Gasteiger partial charge in [0.1, 0.15) is 0 Å². The van der Waals surface area contributed by atoms with Gasteiger partial charge in [-0.2, -0.15) is 0 Å². The number of fused-ring (bicyclic) bond motifs is 1. The predicted molar refractivity (Wildman–Crippen MR) is 99.4 cm³/mol. The largest absolute Gasteiger partial charge is 0.330 e. The quantitative estimate of drug-likeness (QED) is 0.865. The molecule has 1 atom stereocenters. The van der Waals surface area contributed by atoms with Gasteiger partial charge < -0.3 is 5.32 Å². The molecule has 1 amide bonds. The van der Waals surface area contributed by atoms with E-state index in [1.165, 1.54) is 23.5 Å². The van der Waals surface area contributed by atoms with Crippen LogP contribution in [0, 0.1) is 6.92 Å². The van der Waals surface area contributed by atoms with E-state index >= 15 is 0 Å². The van der Waals surface area contributed by atoms with E-state index in [4.69, 9.17) is 0 Å². The lowest BCUT2D eigenvalue weighted by atomic mass is 10.1. The number of thioether (sulfide) groups is 2. The van der Waals surface area contributed by atoms with E-state index in [-0.39, 0.29) is 11.0 Å². The third-order valence-electron chi connectivity index (χ3n) is 3.87. The van der Waals surface area contributed by atoms with Gasteiger partial charge in [0, 0.05) is 15.4 Å². The molecular formula is C19H19NO2S2. The fourth-order valence-electron chi connectivity index (χ4n) is 2.68. The Morgan fingerprint density at radius 1 is 1.12 bits per heavy atom. The van der Waals surface area contributed by atoms with E-state index in [0.717, 1.165) is 21.8 Å². The average Bonchev–Trinajstić information content (AvgIpc) is 2.57. The van der Waals surface area contributed by atoms with Crippen molar-refractivity contribution in [2.75, 3.05) is 0 Å². The lowest BCUT2D eigenvalue weighted by Crippen LogP contribution is -2.51. The highest BCUT2D eigenvalue weighted by Gasteiger charge is 2.44. The SMILES string of the molecule is CCCC1(NC(=O)c2ccccc2)Sc2cc(C)ccc2SC1=O. The molecule has 1 unspecified atom stereocenters. The molecule has 1 N–H and O–H groups in total. The first-order chi connectivity index (χ1) is 11.5. The minimum atomic E-state index is -0.910. The second kappa shape index (κ2) is 7.03.